The average molecular weight is 644 g/mol. The maximum Gasteiger partial charge on any atom is 0.316 e. The largest absolute Gasteiger partial charge is 0.426 e. The molecule has 2 aromatic carbocycles. The molecule has 6 rings (SSSR count). The van der Waals surface area contributed by atoms with Crippen molar-refractivity contribution in [2.75, 3.05) is 16.3 Å². The highest BCUT2D eigenvalue weighted by Gasteiger charge is 2.66. The Morgan fingerprint density at radius 1 is 0.895 bits per heavy atom. The highest BCUT2D eigenvalue weighted by molar-refractivity contribution is 9.12. The number of carbonyl (C=O) groups is 4. The summed E-state index contributed by atoms with van der Waals surface area (Å²) in [6.45, 7) is 5.98. The zero-order valence-electron chi connectivity index (χ0n) is 21.3. The third kappa shape index (κ3) is 3.79. The number of halogens is 2. The van der Waals surface area contributed by atoms with Crippen LogP contribution in [0.3, 0.4) is 0 Å². The second-order valence-electron chi connectivity index (χ2n) is 11.0. The van der Waals surface area contributed by atoms with Crippen molar-refractivity contribution in [2.45, 2.75) is 43.3 Å². The molecule has 2 saturated heterocycles. The van der Waals surface area contributed by atoms with Crippen molar-refractivity contribution >= 4 is 66.9 Å². The monoisotopic (exact) mass is 642 g/mol. The number of benzene rings is 2. The van der Waals surface area contributed by atoms with Crippen molar-refractivity contribution in [1.29, 1.82) is 0 Å². The van der Waals surface area contributed by atoms with Gasteiger partial charge in [-0.2, -0.15) is 0 Å². The van der Waals surface area contributed by atoms with E-state index >= 15 is 0 Å². The molecule has 2 heterocycles. The van der Waals surface area contributed by atoms with Crippen LogP contribution in [0.1, 0.15) is 29.5 Å². The number of fused-ring (bicyclic) bond motifs is 5. The van der Waals surface area contributed by atoms with Gasteiger partial charge in [0.1, 0.15) is 5.75 Å². The Kier molecular flexibility index (Phi) is 6.30. The highest BCUT2D eigenvalue weighted by Crippen LogP contribution is 2.60. The number of esters is 1. The molecule has 0 N–H and O–H groups in total. The number of hydrogen-bond donors (Lipinski definition) is 0. The fraction of sp³-hybridized carbons (Fsp3) is 0.448. The number of ether oxygens (including phenoxy) is 1. The van der Waals surface area contributed by atoms with Crippen LogP contribution in [0.15, 0.2) is 36.4 Å². The molecule has 7 atom stereocenters. The molecule has 2 saturated carbocycles. The van der Waals surface area contributed by atoms with Crippen molar-refractivity contribution < 1.29 is 23.9 Å². The number of aryl methyl sites for hydroxylation is 3. The van der Waals surface area contributed by atoms with Crippen molar-refractivity contribution in [1.82, 2.24) is 0 Å². The molecule has 0 radical (unpaired) electrons. The first kappa shape index (κ1) is 25.7. The van der Waals surface area contributed by atoms with Crippen LogP contribution in [0, 0.1) is 50.4 Å². The lowest BCUT2D eigenvalue weighted by atomic mass is 9.81. The summed E-state index contributed by atoms with van der Waals surface area (Å²) in [5.41, 5.74) is 4.03. The number of anilines is 2. The molecule has 38 heavy (non-hydrogen) atoms. The summed E-state index contributed by atoms with van der Waals surface area (Å²) in [4.78, 5) is 56.0. The number of alkyl halides is 2. The van der Waals surface area contributed by atoms with Gasteiger partial charge in [0.2, 0.25) is 17.7 Å². The quantitative estimate of drug-likeness (QED) is 0.206. The minimum atomic E-state index is -0.576. The second kappa shape index (κ2) is 9.30. The highest BCUT2D eigenvalue weighted by atomic mass is 79.9. The molecule has 0 aromatic heterocycles. The summed E-state index contributed by atoms with van der Waals surface area (Å²) in [5.74, 6) is -1.38. The maximum absolute atomic E-state index is 13.4. The Labute approximate surface area is 238 Å². The minimum absolute atomic E-state index is 0.0920. The van der Waals surface area contributed by atoms with Gasteiger partial charge in [0.05, 0.1) is 23.4 Å². The van der Waals surface area contributed by atoms with Crippen molar-refractivity contribution in [2.24, 2.45) is 29.6 Å². The van der Waals surface area contributed by atoms with Gasteiger partial charge in [0.25, 0.3) is 0 Å². The number of amides is 3. The summed E-state index contributed by atoms with van der Waals surface area (Å²) in [6, 6.07) is 10.8. The second-order valence-corrected chi connectivity index (χ2v) is 13.1. The van der Waals surface area contributed by atoms with E-state index in [-0.39, 0.29) is 64.0 Å². The van der Waals surface area contributed by atoms with Crippen LogP contribution in [-0.4, -0.2) is 39.9 Å². The molecule has 2 bridgehead atoms. The topological polar surface area (TPSA) is 84.0 Å². The van der Waals surface area contributed by atoms with E-state index in [1.807, 2.05) is 32.0 Å². The van der Waals surface area contributed by atoms with E-state index in [4.69, 9.17) is 4.74 Å². The summed E-state index contributed by atoms with van der Waals surface area (Å²) in [6.07, 6.45) is 0.972. The van der Waals surface area contributed by atoms with Crippen LogP contribution in [0.4, 0.5) is 11.4 Å². The van der Waals surface area contributed by atoms with Crippen LogP contribution in [0.25, 0.3) is 0 Å². The van der Waals surface area contributed by atoms with Crippen LogP contribution in [-0.2, 0) is 19.2 Å². The predicted molar refractivity (Wildman–Crippen MR) is 150 cm³/mol. The first-order valence-electron chi connectivity index (χ1n) is 12.9. The van der Waals surface area contributed by atoms with Crippen molar-refractivity contribution in [3.63, 3.8) is 0 Å². The fourth-order valence-electron chi connectivity index (χ4n) is 7.04. The standard InChI is InChI=1S/C29H28Br2N2O5/c1-13-5-4-6-14(2)26(13)32-12-16(10-21(32)34)29(37)38-17-7-8-20(15(3)9-17)33-27(35)22-18-11-19(23(22)28(33)36)25(31)24(18)30/h4-9,16,18-19,22-25H,10-12H2,1-3H3/t16-,18-,19-,22-,23+,24-,25+/m1/s1. The van der Waals surface area contributed by atoms with E-state index in [1.165, 1.54) is 4.90 Å². The van der Waals surface area contributed by atoms with Gasteiger partial charge in [-0.25, -0.2) is 4.90 Å². The molecule has 2 aliphatic carbocycles. The van der Waals surface area contributed by atoms with Crippen LogP contribution in [0.2, 0.25) is 0 Å². The lowest BCUT2D eigenvalue weighted by molar-refractivity contribution is -0.139. The SMILES string of the molecule is Cc1cc(OC(=O)[C@@H]2CC(=O)N(c3c(C)cccc3C)C2)ccc1N1C(=O)[C@@H]2[C@H]3C[C@@H]([C@H](Br)[C@@H]3Br)[C@@H]2C1=O. The van der Waals surface area contributed by atoms with E-state index in [2.05, 4.69) is 31.9 Å². The van der Waals surface area contributed by atoms with Crippen LogP contribution < -0.4 is 14.5 Å². The normalized spacial score (nSPS) is 31.9. The molecule has 3 amide bonds. The summed E-state index contributed by atoms with van der Waals surface area (Å²) in [5, 5.41) is 0. The number of nitrogens with zero attached hydrogens (tertiary/aromatic N) is 2. The number of imide groups is 1. The van der Waals surface area contributed by atoms with Gasteiger partial charge in [-0.1, -0.05) is 50.1 Å². The van der Waals surface area contributed by atoms with Crippen molar-refractivity contribution in [3.8, 4) is 5.75 Å². The third-order valence-electron chi connectivity index (χ3n) is 8.78. The molecule has 2 aliphatic heterocycles. The summed E-state index contributed by atoms with van der Waals surface area (Å²) in [7, 11) is 0. The molecule has 4 fully saturated rings. The maximum atomic E-state index is 13.4. The van der Waals surface area contributed by atoms with Gasteiger partial charge in [-0.3, -0.25) is 19.2 Å². The Morgan fingerprint density at radius 2 is 1.50 bits per heavy atom. The smallest absolute Gasteiger partial charge is 0.316 e. The summed E-state index contributed by atoms with van der Waals surface area (Å²) < 4.78 is 5.67. The number of hydrogen-bond acceptors (Lipinski definition) is 5. The Balaban J connectivity index is 1.17. The fourth-order valence-corrected chi connectivity index (χ4v) is 8.91. The molecule has 9 heteroatoms. The zero-order valence-corrected chi connectivity index (χ0v) is 24.5. The van der Waals surface area contributed by atoms with Gasteiger partial charge in [0.15, 0.2) is 0 Å². The molecule has 0 spiro atoms. The van der Waals surface area contributed by atoms with Crippen LogP contribution in [0.5, 0.6) is 5.75 Å². The van der Waals surface area contributed by atoms with Gasteiger partial charge in [-0.05, 0) is 73.9 Å². The number of rotatable bonds is 4. The number of carbonyl (C=O) groups excluding carboxylic acids is 4. The lowest BCUT2D eigenvalue weighted by Gasteiger charge is -2.28. The van der Waals surface area contributed by atoms with E-state index in [0.29, 0.717) is 17.0 Å². The molecule has 198 valence electrons. The number of para-hydroxylation sites is 1. The van der Waals surface area contributed by atoms with Gasteiger partial charge >= 0.3 is 5.97 Å². The lowest BCUT2D eigenvalue weighted by Crippen LogP contribution is -2.37. The molecule has 2 aromatic rings. The molecular weight excluding hydrogens is 616 g/mol. The van der Waals surface area contributed by atoms with E-state index in [9.17, 15) is 19.2 Å². The van der Waals surface area contributed by atoms with E-state index < -0.39 is 11.9 Å². The zero-order chi connectivity index (χ0) is 27.0. The van der Waals surface area contributed by atoms with Crippen LogP contribution >= 0.6 is 31.9 Å². The Hall–Kier alpha value is -2.52. The summed E-state index contributed by atoms with van der Waals surface area (Å²) >= 11 is 7.44. The Morgan fingerprint density at radius 3 is 2.08 bits per heavy atom. The molecule has 0 unspecified atom stereocenters. The molecule has 7 nitrogen and oxygen atoms in total. The Bertz CT molecular complexity index is 1340. The van der Waals surface area contributed by atoms with Gasteiger partial charge < -0.3 is 9.64 Å². The predicted octanol–water partition coefficient (Wildman–Crippen LogP) is 4.85. The average Bonchev–Trinajstić information content (AvgIpc) is 3.58. The first-order valence-corrected chi connectivity index (χ1v) is 14.8. The van der Waals surface area contributed by atoms with Gasteiger partial charge in [-0.15, -0.1) is 0 Å². The third-order valence-corrected chi connectivity index (χ3v) is 12.0. The molecule has 4 aliphatic rings. The van der Waals surface area contributed by atoms with Crippen molar-refractivity contribution in [3.05, 3.63) is 53.1 Å². The van der Waals surface area contributed by atoms with E-state index in [1.54, 1.807) is 30.0 Å². The molecular formula is C29H28Br2N2O5. The van der Waals surface area contributed by atoms with E-state index in [0.717, 1.165) is 23.2 Å². The van der Waals surface area contributed by atoms with Gasteiger partial charge in [0, 0.05) is 28.3 Å². The first-order chi connectivity index (χ1) is 18.1. The minimum Gasteiger partial charge on any atom is -0.426 e.